The Balaban J connectivity index is 2.11. The topological polar surface area (TPSA) is 96.4 Å². The molecule has 7 heteroatoms. The molecule has 0 fully saturated rings. The average Bonchev–Trinajstić information content (AvgIpc) is 2.54. The number of aryl methyl sites for hydroxylation is 2. The van der Waals surface area contributed by atoms with E-state index in [-0.39, 0.29) is 12.4 Å². The van der Waals surface area contributed by atoms with Gasteiger partial charge in [-0.2, -0.15) is 0 Å². The molecule has 1 aromatic carbocycles. The molecule has 140 valence electrons. The number of nitrogens with one attached hydrogen (secondary N) is 2. The zero-order valence-electron chi connectivity index (χ0n) is 15.9. The van der Waals surface area contributed by atoms with Crippen LogP contribution in [0.15, 0.2) is 24.3 Å². The molecule has 0 saturated carbocycles. The van der Waals surface area contributed by atoms with Gasteiger partial charge in [-0.05, 0) is 51.3 Å². The number of anilines is 2. The molecule has 3 N–H and O–H groups in total. The Labute approximate surface area is 153 Å². The second-order valence-electron chi connectivity index (χ2n) is 7.15. The first-order valence-electron chi connectivity index (χ1n) is 8.45. The molecule has 0 bridgehead atoms. The highest BCUT2D eigenvalue weighted by Gasteiger charge is 2.17. The lowest BCUT2D eigenvalue weighted by atomic mass is 10.1. The number of carbonyl (C=O) groups excluding carboxylic acids is 1. The summed E-state index contributed by atoms with van der Waals surface area (Å²) < 4.78 is 5.20. The van der Waals surface area contributed by atoms with E-state index < -0.39 is 11.7 Å². The predicted octanol–water partition coefficient (Wildman–Crippen LogP) is 3.54. The molecule has 0 spiro atoms. The van der Waals surface area contributed by atoms with Gasteiger partial charge < -0.3 is 15.2 Å². The summed E-state index contributed by atoms with van der Waals surface area (Å²) in [4.78, 5) is 11.9. The van der Waals surface area contributed by atoms with Gasteiger partial charge in [0.25, 0.3) is 0 Å². The van der Waals surface area contributed by atoms with Crippen LogP contribution in [-0.2, 0) is 17.9 Å². The molecule has 0 aliphatic carbocycles. The molecule has 0 unspecified atom stereocenters. The standard InChI is InChI=1S/C19H26N4O3/c1-12-6-7-14(8-13(12)2)10-20-15-9-17(23-22-16(15)11-24)21-18(25)26-19(3,4)5/h6-9,24H,10-11H2,1-5H3,(H2,20,21,23,25). The van der Waals surface area contributed by atoms with Gasteiger partial charge in [0.2, 0.25) is 0 Å². The molecule has 1 aromatic heterocycles. The van der Waals surface area contributed by atoms with Crippen molar-refractivity contribution >= 4 is 17.6 Å². The molecule has 7 nitrogen and oxygen atoms in total. The number of nitrogens with zero attached hydrogens (tertiary/aromatic N) is 2. The van der Waals surface area contributed by atoms with Gasteiger partial charge in [0.1, 0.15) is 11.3 Å². The zero-order valence-corrected chi connectivity index (χ0v) is 15.9. The van der Waals surface area contributed by atoms with Crippen LogP contribution in [0.4, 0.5) is 16.3 Å². The van der Waals surface area contributed by atoms with Crippen molar-refractivity contribution < 1.29 is 14.6 Å². The summed E-state index contributed by atoms with van der Waals surface area (Å²) in [7, 11) is 0. The van der Waals surface area contributed by atoms with Crippen molar-refractivity contribution in [2.24, 2.45) is 0 Å². The first-order chi connectivity index (χ1) is 12.2. The molecule has 1 heterocycles. The fourth-order valence-electron chi connectivity index (χ4n) is 2.27. The third kappa shape index (κ3) is 5.70. The average molecular weight is 358 g/mol. The summed E-state index contributed by atoms with van der Waals surface area (Å²) >= 11 is 0. The number of benzene rings is 1. The number of hydrogen-bond donors (Lipinski definition) is 3. The molecule has 0 saturated heterocycles. The Morgan fingerprint density at radius 3 is 2.50 bits per heavy atom. The number of aliphatic hydroxyl groups excluding tert-OH is 1. The third-order valence-electron chi connectivity index (χ3n) is 3.70. The summed E-state index contributed by atoms with van der Waals surface area (Å²) in [6.45, 7) is 9.78. The van der Waals surface area contributed by atoms with Gasteiger partial charge in [-0.15, -0.1) is 10.2 Å². The smallest absolute Gasteiger partial charge is 0.413 e. The predicted molar refractivity (Wildman–Crippen MR) is 101 cm³/mol. The van der Waals surface area contributed by atoms with E-state index in [1.165, 1.54) is 11.1 Å². The molecule has 0 aliphatic rings. The fraction of sp³-hybridized carbons (Fsp3) is 0.421. The summed E-state index contributed by atoms with van der Waals surface area (Å²) in [5, 5.41) is 23.1. The van der Waals surface area contributed by atoms with Crippen LogP contribution in [0.3, 0.4) is 0 Å². The number of aromatic nitrogens is 2. The summed E-state index contributed by atoms with van der Waals surface area (Å²) in [6.07, 6.45) is -0.608. The number of amides is 1. The molecule has 2 aromatic rings. The Morgan fingerprint density at radius 1 is 1.15 bits per heavy atom. The van der Waals surface area contributed by atoms with Crippen molar-refractivity contribution in [3.63, 3.8) is 0 Å². The van der Waals surface area contributed by atoms with E-state index in [1.807, 2.05) is 6.07 Å². The van der Waals surface area contributed by atoms with Crippen molar-refractivity contribution in [1.29, 1.82) is 0 Å². The number of rotatable bonds is 5. The highest BCUT2D eigenvalue weighted by atomic mass is 16.6. The van der Waals surface area contributed by atoms with Crippen LogP contribution in [0.2, 0.25) is 0 Å². The van der Waals surface area contributed by atoms with Gasteiger partial charge in [-0.25, -0.2) is 4.79 Å². The van der Waals surface area contributed by atoms with Crippen molar-refractivity contribution in [3.05, 3.63) is 46.6 Å². The minimum Gasteiger partial charge on any atom is -0.444 e. The molecule has 1 amide bonds. The number of aliphatic hydroxyl groups is 1. The van der Waals surface area contributed by atoms with E-state index in [1.54, 1.807) is 26.8 Å². The van der Waals surface area contributed by atoms with E-state index in [4.69, 9.17) is 4.74 Å². The van der Waals surface area contributed by atoms with Crippen molar-refractivity contribution in [2.75, 3.05) is 10.6 Å². The highest BCUT2D eigenvalue weighted by molar-refractivity contribution is 5.84. The van der Waals surface area contributed by atoms with E-state index in [0.717, 1.165) is 5.56 Å². The van der Waals surface area contributed by atoms with Crippen LogP contribution in [0.5, 0.6) is 0 Å². The lowest BCUT2D eigenvalue weighted by Crippen LogP contribution is -2.27. The molecule has 2 rings (SSSR count). The number of ether oxygens (including phenoxy) is 1. The second-order valence-corrected chi connectivity index (χ2v) is 7.15. The molecular formula is C19H26N4O3. The van der Waals surface area contributed by atoms with E-state index in [9.17, 15) is 9.90 Å². The lowest BCUT2D eigenvalue weighted by Gasteiger charge is -2.19. The normalized spacial score (nSPS) is 11.2. The Morgan fingerprint density at radius 2 is 1.88 bits per heavy atom. The number of carbonyl (C=O) groups is 1. The Hall–Kier alpha value is -2.67. The van der Waals surface area contributed by atoms with Gasteiger partial charge in [0.05, 0.1) is 12.3 Å². The van der Waals surface area contributed by atoms with E-state index in [2.05, 4.69) is 46.8 Å². The molecule has 0 radical (unpaired) electrons. The maximum atomic E-state index is 11.9. The lowest BCUT2D eigenvalue weighted by molar-refractivity contribution is 0.0635. The quantitative estimate of drug-likeness (QED) is 0.756. The van der Waals surface area contributed by atoms with Gasteiger partial charge >= 0.3 is 6.09 Å². The van der Waals surface area contributed by atoms with Crippen LogP contribution in [0.25, 0.3) is 0 Å². The summed E-state index contributed by atoms with van der Waals surface area (Å²) in [5.74, 6) is 0.249. The highest BCUT2D eigenvalue weighted by Crippen LogP contribution is 2.19. The van der Waals surface area contributed by atoms with Crippen LogP contribution in [-0.4, -0.2) is 27.0 Å². The first kappa shape index (κ1) is 19.7. The van der Waals surface area contributed by atoms with Crippen LogP contribution in [0.1, 0.15) is 43.2 Å². The first-order valence-corrected chi connectivity index (χ1v) is 8.45. The Bertz CT molecular complexity index is 785. The van der Waals surface area contributed by atoms with Crippen molar-refractivity contribution in [3.8, 4) is 0 Å². The van der Waals surface area contributed by atoms with Crippen LogP contribution < -0.4 is 10.6 Å². The summed E-state index contributed by atoms with van der Waals surface area (Å²) in [5.41, 5.74) is 3.96. The van der Waals surface area contributed by atoms with Gasteiger partial charge in [-0.3, -0.25) is 5.32 Å². The third-order valence-corrected chi connectivity index (χ3v) is 3.70. The molecule has 26 heavy (non-hydrogen) atoms. The van der Waals surface area contributed by atoms with E-state index in [0.29, 0.717) is 17.9 Å². The van der Waals surface area contributed by atoms with Crippen molar-refractivity contribution in [1.82, 2.24) is 10.2 Å². The monoisotopic (exact) mass is 358 g/mol. The molecule has 0 atom stereocenters. The largest absolute Gasteiger partial charge is 0.444 e. The fourth-order valence-corrected chi connectivity index (χ4v) is 2.27. The number of hydrogen-bond acceptors (Lipinski definition) is 6. The second kappa shape index (κ2) is 8.14. The minimum atomic E-state index is -0.608. The zero-order chi connectivity index (χ0) is 19.3. The van der Waals surface area contributed by atoms with Crippen LogP contribution in [0, 0.1) is 13.8 Å². The molecular weight excluding hydrogens is 332 g/mol. The Kier molecular flexibility index (Phi) is 6.15. The maximum Gasteiger partial charge on any atom is 0.413 e. The van der Waals surface area contributed by atoms with E-state index >= 15 is 0 Å². The minimum absolute atomic E-state index is 0.249. The van der Waals surface area contributed by atoms with Gasteiger partial charge in [-0.1, -0.05) is 18.2 Å². The maximum absolute atomic E-state index is 11.9. The molecule has 0 aliphatic heterocycles. The summed E-state index contributed by atoms with van der Waals surface area (Å²) in [6, 6.07) is 7.85. The van der Waals surface area contributed by atoms with Crippen molar-refractivity contribution in [2.45, 2.75) is 53.4 Å². The SMILES string of the molecule is Cc1ccc(CNc2cc(NC(=O)OC(C)(C)C)nnc2CO)cc1C. The van der Waals surface area contributed by atoms with Gasteiger partial charge in [0.15, 0.2) is 5.82 Å². The van der Waals surface area contributed by atoms with Gasteiger partial charge in [0, 0.05) is 12.6 Å². The van der Waals surface area contributed by atoms with Crippen LogP contribution >= 0.6 is 0 Å².